The number of aryl methyl sites for hydroxylation is 1. The van der Waals surface area contributed by atoms with E-state index in [0.717, 1.165) is 44.4 Å². The van der Waals surface area contributed by atoms with Crippen LogP contribution in [0.2, 0.25) is 0 Å². The number of rotatable bonds is 4. The van der Waals surface area contributed by atoms with E-state index < -0.39 is 0 Å². The zero-order chi connectivity index (χ0) is 18.6. The van der Waals surface area contributed by atoms with Gasteiger partial charge in [0, 0.05) is 4.88 Å². The molecule has 1 aliphatic carbocycles. The second-order valence-electron chi connectivity index (χ2n) is 6.52. The van der Waals surface area contributed by atoms with Crippen LogP contribution in [0.15, 0.2) is 28.6 Å². The number of thioether (sulfide) groups is 1. The van der Waals surface area contributed by atoms with Crippen molar-refractivity contribution in [1.82, 2.24) is 4.98 Å². The van der Waals surface area contributed by atoms with Gasteiger partial charge in [0.25, 0.3) is 0 Å². The number of fused-ring (bicyclic) bond motifs is 2. The molecule has 7 heteroatoms. The molecule has 1 amide bonds. The molecule has 4 nitrogen and oxygen atoms in total. The van der Waals surface area contributed by atoms with Crippen molar-refractivity contribution in [3.05, 3.63) is 40.3 Å². The molecule has 2 aromatic heterocycles. The number of hydrogen-bond acceptors (Lipinski definition) is 6. The molecule has 0 atom stereocenters. The Labute approximate surface area is 170 Å². The molecule has 0 bridgehead atoms. The SMILES string of the molecule is N#Cc1c(NC(=O)CSc2nc3ccccc3s2)sc2c1CCCCCC2. The Morgan fingerprint density at radius 1 is 1.19 bits per heavy atom. The van der Waals surface area contributed by atoms with E-state index in [1.54, 1.807) is 22.7 Å². The van der Waals surface area contributed by atoms with Gasteiger partial charge in [0.1, 0.15) is 11.1 Å². The van der Waals surface area contributed by atoms with Gasteiger partial charge in [0.15, 0.2) is 4.34 Å². The number of thiophene rings is 1. The van der Waals surface area contributed by atoms with Crippen molar-refractivity contribution in [3.8, 4) is 6.07 Å². The summed E-state index contributed by atoms with van der Waals surface area (Å²) in [4.78, 5) is 18.3. The first-order valence-electron chi connectivity index (χ1n) is 9.07. The zero-order valence-corrected chi connectivity index (χ0v) is 17.2. The van der Waals surface area contributed by atoms with Crippen LogP contribution in [0.3, 0.4) is 0 Å². The number of carbonyl (C=O) groups excluding carboxylic acids is 1. The third-order valence-corrected chi connectivity index (χ3v) is 8.02. The molecule has 0 aliphatic heterocycles. The van der Waals surface area contributed by atoms with Gasteiger partial charge in [0.2, 0.25) is 5.91 Å². The average molecular weight is 414 g/mol. The number of nitrogens with one attached hydrogen (secondary N) is 1. The molecule has 1 aliphatic rings. The minimum atomic E-state index is -0.0787. The van der Waals surface area contributed by atoms with Gasteiger partial charge in [-0.3, -0.25) is 4.79 Å². The van der Waals surface area contributed by atoms with Crippen LogP contribution in [0.25, 0.3) is 10.2 Å². The average Bonchev–Trinajstić information content (AvgIpc) is 3.20. The fourth-order valence-electron chi connectivity index (χ4n) is 3.33. The number of aromatic nitrogens is 1. The lowest BCUT2D eigenvalue weighted by Crippen LogP contribution is -2.13. The van der Waals surface area contributed by atoms with Crippen molar-refractivity contribution < 1.29 is 4.79 Å². The van der Waals surface area contributed by atoms with Gasteiger partial charge in [-0.1, -0.05) is 36.7 Å². The number of benzene rings is 1. The number of anilines is 1. The van der Waals surface area contributed by atoms with Crippen molar-refractivity contribution in [2.45, 2.75) is 42.9 Å². The van der Waals surface area contributed by atoms with Gasteiger partial charge in [-0.15, -0.1) is 22.7 Å². The molecule has 0 fully saturated rings. The Bertz CT molecular complexity index is 982. The second-order valence-corrected chi connectivity index (χ2v) is 9.88. The van der Waals surface area contributed by atoms with Crippen molar-refractivity contribution in [2.75, 3.05) is 11.1 Å². The Morgan fingerprint density at radius 3 is 2.81 bits per heavy atom. The van der Waals surface area contributed by atoms with Crippen LogP contribution in [0.1, 0.15) is 41.7 Å². The normalized spacial score (nSPS) is 14.2. The smallest absolute Gasteiger partial charge is 0.235 e. The molecular weight excluding hydrogens is 394 g/mol. The third kappa shape index (κ3) is 4.18. The van der Waals surface area contributed by atoms with E-state index in [9.17, 15) is 10.1 Å². The third-order valence-electron chi connectivity index (χ3n) is 4.64. The maximum Gasteiger partial charge on any atom is 0.235 e. The van der Waals surface area contributed by atoms with E-state index in [0.29, 0.717) is 11.3 Å². The van der Waals surface area contributed by atoms with E-state index in [2.05, 4.69) is 16.4 Å². The quantitative estimate of drug-likeness (QED) is 0.564. The number of nitriles is 1. The topological polar surface area (TPSA) is 65.8 Å². The molecule has 2 heterocycles. The zero-order valence-electron chi connectivity index (χ0n) is 14.8. The number of para-hydroxylation sites is 1. The summed E-state index contributed by atoms with van der Waals surface area (Å²) in [5, 5.41) is 13.3. The van der Waals surface area contributed by atoms with Crippen molar-refractivity contribution in [2.24, 2.45) is 0 Å². The molecule has 0 spiro atoms. The number of amides is 1. The highest BCUT2D eigenvalue weighted by molar-refractivity contribution is 8.01. The van der Waals surface area contributed by atoms with Gasteiger partial charge in [-0.25, -0.2) is 4.98 Å². The van der Waals surface area contributed by atoms with E-state index in [1.165, 1.54) is 35.9 Å². The van der Waals surface area contributed by atoms with Crippen molar-refractivity contribution in [3.63, 3.8) is 0 Å². The monoisotopic (exact) mass is 413 g/mol. The molecule has 4 rings (SSSR count). The summed E-state index contributed by atoms with van der Waals surface area (Å²) in [6.45, 7) is 0. The Hall–Kier alpha value is -1.88. The Balaban J connectivity index is 1.44. The fraction of sp³-hybridized carbons (Fsp3) is 0.350. The highest BCUT2D eigenvalue weighted by atomic mass is 32.2. The molecule has 0 unspecified atom stereocenters. The van der Waals surface area contributed by atoms with Crippen LogP contribution in [0.5, 0.6) is 0 Å². The molecular formula is C20H19N3OS3. The summed E-state index contributed by atoms with van der Waals surface area (Å²) in [5.74, 6) is 0.220. The minimum absolute atomic E-state index is 0.0787. The molecule has 138 valence electrons. The Kier molecular flexibility index (Phi) is 5.77. The van der Waals surface area contributed by atoms with Gasteiger partial charge in [0.05, 0.1) is 21.5 Å². The predicted molar refractivity (Wildman–Crippen MR) is 114 cm³/mol. The molecule has 0 saturated carbocycles. The van der Waals surface area contributed by atoms with Crippen LogP contribution in [-0.4, -0.2) is 16.6 Å². The standard InChI is InChI=1S/C20H19N3OS3/c21-11-14-13-7-3-1-2-4-9-16(13)26-19(14)23-18(24)12-25-20-22-15-8-5-6-10-17(15)27-20/h5-6,8,10H,1-4,7,9,12H2,(H,23,24). The first-order valence-corrected chi connectivity index (χ1v) is 11.7. The molecule has 0 radical (unpaired) electrons. The summed E-state index contributed by atoms with van der Waals surface area (Å²) in [5.41, 5.74) is 2.81. The number of hydrogen-bond donors (Lipinski definition) is 1. The van der Waals surface area contributed by atoms with Crippen molar-refractivity contribution in [1.29, 1.82) is 5.26 Å². The molecule has 27 heavy (non-hydrogen) atoms. The first kappa shape index (κ1) is 18.5. The molecule has 0 saturated heterocycles. The molecule has 1 N–H and O–H groups in total. The van der Waals surface area contributed by atoms with Gasteiger partial charge in [-0.2, -0.15) is 5.26 Å². The lowest BCUT2D eigenvalue weighted by Gasteiger charge is -2.08. The van der Waals surface area contributed by atoms with Gasteiger partial charge in [-0.05, 0) is 43.4 Å². The summed E-state index contributed by atoms with van der Waals surface area (Å²) in [7, 11) is 0. The summed E-state index contributed by atoms with van der Waals surface area (Å²) < 4.78 is 2.02. The van der Waals surface area contributed by atoms with E-state index >= 15 is 0 Å². The number of thiazole rings is 1. The largest absolute Gasteiger partial charge is 0.316 e. The number of carbonyl (C=O) groups is 1. The first-order chi connectivity index (χ1) is 13.2. The maximum atomic E-state index is 12.5. The van der Waals surface area contributed by atoms with Crippen LogP contribution < -0.4 is 5.32 Å². The molecule has 1 aromatic carbocycles. The Morgan fingerprint density at radius 2 is 2.00 bits per heavy atom. The lowest BCUT2D eigenvalue weighted by molar-refractivity contribution is -0.113. The maximum absolute atomic E-state index is 12.5. The fourth-order valence-corrected chi connectivity index (χ4v) is 6.45. The highest BCUT2D eigenvalue weighted by Gasteiger charge is 2.20. The predicted octanol–water partition coefficient (Wildman–Crippen LogP) is 5.62. The minimum Gasteiger partial charge on any atom is -0.316 e. The van der Waals surface area contributed by atoms with Crippen LogP contribution in [0.4, 0.5) is 5.00 Å². The highest BCUT2D eigenvalue weighted by Crippen LogP contribution is 2.37. The van der Waals surface area contributed by atoms with E-state index in [1.807, 2.05) is 24.3 Å². The van der Waals surface area contributed by atoms with Crippen LogP contribution in [0, 0.1) is 11.3 Å². The van der Waals surface area contributed by atoms with Crippen LogP contribution in [-0.2, 0) is 17.6 Å². The second kappa shape index (κ2) is 8.42. The van der Waals surface area contributed by atoms with E-state index in [-0.39, 0.29) is 5.91 Å². The lowest BCUT2D eigenvalue weighted by atomic mass is 9.97. The van der Waals surface area contributed by atoms with Gasteiger partial charge >= 0.3 is 0 Å². The number of nitrogens with zero attached hydrogens (tertiary/aromatic N) is 2. The van der Waals surface area contributed by atoms with Crippen LogP contribution >= 0.6 is 34.4 Å². The summed E-state index contributed by atoms with van der Waals surface area (Å²) >= 11 is 4.63. The van der Waals surface area contributed by atoms with Gasteiger partial charge < -0.3 is 5.32 Å². The van der Waals surface area contributed by atoms with Crippen molar-refractivity contribution >= 4 is 55.6 Å². The summed E-state index contributed by atoms with van der Waals surface area (Å²) in [6.07, 6.45) is 6.73. The van der Waals surface area contributed by atoms with E-state index in [4.69, 9.17) is 0 Å². The molecule has 3 aromatic rings. The summed E-state index contributed by atoms with van der Waals surface area (Å²) in [6, 6.07) is 10.3.